The first kappa shape index (κ1) is 8.55. The molecule has 72 valence electrons. The van der Waals surface area contributed by atoms with Crippen molar-refractivity contribution in [3.8, 4) is 11.5 Å². The van der Waals surface area contributed by atoms with Crippen molar-refractivity contribution in [3.05, 3.63) is 30.0 Å². The van der Waals surface area contributed by atoms with Crippen molar-refractivity contribution in [2.75, 3.05) is 0 Å². The molecule has 0 saturated carbocycles. The smallest absolute Gasteiger partial charge is 0.373 e. The highest BCUT2D eigenvalue weighted by molar-refractivity contribution is 5.86. The van der Waals surface area contributed by atoms with Gasteiger partial charge < -0.3 is 13.9 Å². The largest absolute Gasteiger partial charge is 0.475 e. The molecule has 1 N–H and O–H groups in total. The monoisotopic (exact) mass is 193 g/mol. The molecule has 0 fully saturated rings. The van der Waals surface area contributed by atoms with Crippen LogP contribution in [-0.4, -0.2) is 16.1 Å². The highest BCUT2D eigenvalue weighted by atomic mass is 16.4. The number of hydrogen-bond donors (Lipinski definition) is 1. The zero-order chi connectivity index (χ0) is 10.1. The summed E-state index contributed by atoms with van der Waals surface area (Å²) in [7, 11) is 0. The molecule has 14 heavy (non-hydrogen) atoms. The van der Waals surface area contributed by atoms with Crippen LogP contribution in [0.4, 0.5) is 0 Å². The van der Waals surface area contributed by atoms with Crippen molar-refractivity contribution in [1.29, 1.82) is 0 Å². The van der Waals surface area contributed by atoms with Gasteiger partial charge in [0.2, 0.25) is 11.7 Å². The second-order valence-corrected chi connectivity index (χ2v) is 2.75. The fraction of sp³-hybridized carbons (Fsp3) is 0.111. The highest BCUT2D eigenvalue weighted by Gasteiger charge is 2.17. The number of nitrogens with zero attached hydrogens (tertiary/aromatic N) is 1. The van der Waals surface area contributed by atoms with E-state index in [-0.39, 0.29) is 11.7 Å². The van der Waals surface area contributed by atoms with Crippen LogP contribution in [-0.2, 0) is 0 Å². The van der Waals surface area contributed by atoms with Crippen molar-refractivity contribution in [2.24, 2.45) is 0 Å². The van der Waals surface area contributed by atoms with Crippen LogP contribution in [0.5, 0.6) is 0 Å². The fourth-order valence-electron chi connectivity index (χ4n) is 1.10. The number of carboxylic acids is 1. The van der Waals surface area contributed by atoms with Crippen molar-refractivity contribution in [1.82, 2.24) is 4.98 Å². The Bertz CT molecular complexity index is 455. The maximum absolute atomic E-state index is 10.6. The summed E-state index contributed by atoms with van der Waals surface area (Å²) in [5, 5.41) is 8.72. The minimum absolute atomic E-state index is 0.138. The van der Waals surface area contributed by atoms with Gasteiger partial charge in [-0.15, -0.1) is 0 Å². The number of hydrogen-bond acceptors (Lipinski definition) is 4. The molecule has 2 heterocycles. The summed E-state index contributed by atoms with van der Waals surface area (Å²) in [6, 6.07) is 1.65. The molecule has 0 aliphatic rings. The van der Waals surface area contributed by atoms with E-state index in [4.69, 9.17) is 13.9 Å². The Morgan fingerprint density at radius 3 is 2.86 bits per heavy atom. The number of aromatic nitrogens is 1. The van der Waals surface area contributed by atoms with Crippen LogP contribution >= 0.6 is 0 Å². The molecule has 0 spiro atoms. The van der Waals surface area contributed by atoms with E-state index in [9.17, 15) is 4.79 Å². The van der Waals surface area contributed by atoms with Crippen LogP contribution in [0.25, 0.3) is 11.5 Å². The highest BCUT2D eigenvalue weighted by Crippen LogP contribution is 2.21. The van der Waals surface area contributed by atoms with Gasteiger partial charge in [0, 0.05) is 0 Å². The van der Waals surface area contributed by atoms with Crippen molar-refractivity contribution in [3.63, 3.8) is 0 Å². The topological polar surface area (TPSA) is 76.5 Å². The van der Waals surface area contributed by atoms with Gasteiger partial charge in [0.25, 0.3) is 0 Å². The second-order valence-electron chi connectivity index (χ2n) is 2.75. The number of carboxylic acid groups (broad SMARTS) is 1. The molecule has 0 amide bonds. The first-order chi connectivity index (χ1) is 6.68. The maximum Gasteiger partial charge on any atom is 0.373 e. The molecule has 2 aromatic rings. The summed E-state index contributed by atoms with van der Waals surface area (Å²) < 4.78 is 9.88. The number of oxazole rings is 1. The molecule has 0 unspecified atom stereocenters. The Balaban J connectivity index is 2.48. The van der Waals surface area contributed by atoms with E-state index in [1.807, 2.05) is 0 Å². The van der Waals surface area contributed by atoms with Gasteiger partial charge in [0.05, 0.1) is 17.5 Å². The van der Waals surface area contributed by atoms with Crippen molar-refractivity contribution in [2.45, 2.75) is 6.92 Å². The Morgan fingerprint density at radius 2 is 2.36 bits per heavy atom. The molecule has 0 aromatic carbocycles. The van der Waals surface area contributed by atoms with Gasteiger partial charge in [-0.3, -0.25) is 0 Å². The van der Waals surface area contributed by atoms with E-state index < -0.39 is 5.97 Å². The van der Waals surface area contributed by atoms with Crippen LogP contribution < -0.4 is 0 Å². The third kappa shape index (κ3) is 1.28. The molecule has 0 aliphatic carbocycles. The number of aromatic carboxylic acids is 1. The standard InChI is InChI=1S/C9H7NO4/c1-5-7(9(11)12)14-8(10-5)6-2-3-13-4-6/h2-4H,1H3,(H,11,12). The Morgan fingerprint density at radius 1 is 1.57 bits per heavy atom. The molecule has 0 aliphatic heterocycles. The predicted molar refractivity (Wildman–Crippen MR) is 45.9 cm³/mol. The molecule has 0 saturated heterocycles. The molecule has 0 radical (unpaired) electrons. The van der Waals surface area contributed by atoms with Gasteiger partial charge in [0.1, 0.15) is 6.26 Å². The van der Waals surface area contributed by atoms with Crippen LogP contribution in [0.3, 0.4) is 0 Å². The lowest BCUT2D eigenvalue weighted by Gasteiger charge is -1.86. The van der Waals surface area contributed by atoms with Crippen LogP contribution in [0.1, 0.15) is 16.2 Å². The SMILES string of the molecule is Cc1nc(-c2ccoc2)oc1C(=O)O. The number of rotatable bonds is 2. The quantitative estimate of drug-likeness (QED) is 0.788. The van der Waals surface area contributed by atoms with E-state index in [1.54, 1.807) is 13.0 Å². The maximum atomic E-state index is 10.6. The predicted octanol–water partition coefficient (Wildman–Crippen LogP) is 1.94. The van der Waals surface area contributed by atoms with E-state index in [0.717, 1.165) is 0 Å². The fourth-order valence-corrected chi connectivity index (χ4v) is 1.10. The zero-order valence-corrected chi connectivity index (χ0v) is 7.35. The normalized spacial score (nSPS) is 10.4. The summed E-state index contributed by atoms with van der Waals surface area (Å²) in [5.74, 6) is -1.00. The Labute approximate surface area is 79.0 Å². The summed E-state index contributed by atoms with van der Waals surface area (Å²) in [6.45, 7) is 1.58. The van der Waals surface area contributed by atoms with Crippen LogP contribution in [0, 0.1) is 6.92 Å². The average Bonchev–Trinajstić information content (AvgIpc) is 2.70. The second kappa shape index (κ2) is 3.02. The molecule has 2 rings (SSSR count). The first-order valence-corrected chi connectivity index (χ1v) is 3.92. The third-order valence-corrected chi connectivity index (χ3v) is 1.76. The summed E-state index contributed by atoms with van der Waals surface area (Å²) in [5.41, 5.74) is 0.981. The number of furan rings is 1. The van der Waals surface area contributed by atoms with Crippen LogP contribution in [0.15, 0.2) is 27.4 Å². The summed E-state index contributed by atoms with van der Waals surface area (Å²) >= 11 is 0. The molecule has 5 heteroatoms. The lowest BCUT2D eigenvalue weighted by atomic mass is 10.3. The van der Waals surface area contributed by atoms with Gasteiger partial charge >= 0.3 is 5.97 Å². The van der Waals surface area contributed by atoms with Gasteiger partial charge in [-0.2, -0.15) is 0 Å². The molecule has 2 aromatic heterocycles. The van der Waals surface area contributed by atoms with Gasteiger partial charge in [-0.05, 0) is 13.0 Å². The van der Waals surface area contributed by atoms with Crippen molar-refractivity contribution < 1.29 is 18.7 Å². The number of carbonyl (C=O) groups is 1. The van der Waals surface area contributed by atoms with Gasteiger partial charge in [0.15, 0.2) is 0 Å². The van der Waals surface area contributed by atoms with Crippen molar-refractivity contribution >= 4 is 5.97 Å². The molecule has 0 atom stereocenters. The minimum atomic E-state index is -1.12. The Hall–Kier alpha value is -2.04. The van der Waals surface area contributed by atoms with Crippen LogP contribution in [0.2, 0.25) is 0 Å². The number of aryl methyl sites for hydroxylation is 1. The minimum Gasteiger partial charge on any atom is -0.475 e. The zero-order valence-electron chi connectivity index (χ0n) is 7.35. The summed E-state index contributed by atoms with van der Waals surface area (Å²) in [6.07, 6.45) is 2.91. The van der Waals surface area contributed by atoms with E-state index >= 15 is 0 Å². The van der Waals surface area contributed by atoms with E-state index in [0.29, 0.717) is 11.3 Å². The van der Waals surface area contributed by atoms with E-state index in [2.05, 4.69) is 4.98 Å². The lowest BCUT2D eigenvalue weighted by Crippen LogP contribution is -1.95. The molecular formula is C9H7NO4. The summed E-state index contributed by atoms with van der Waals surface area (Å²) in [4.78, 5) is 14.6. The lowest BCUT2D eigenvalue weighted by molar-refractivity contribution is 0.0662. The van der Waals surface area contributed by atoms with E-state index in [1.165, 1.54) is 12.5 Å². The van der Waals surface area contributed by atoms with Gasteiger partial charge in [-0.25, -0.2) is 9.78 Å². The third-order valence-electron chi connectivity index (χ3n) is 1.76. The molecular weight excluding hydrogens is 186 g/mol. The molecule has 0 bridgehead atoms. The first-order valence-electron chi connectivity index (χ1n) is 3.92. The molecule has 5 nitrogen and oxygen atoms in total. The van der Waals surface area contributed by atoms with Gasteiger partial charge in [-0.1, -0.05) is 0 Å². The average molecular weight is 193 g/mol. The Kier molecular flexibility index (Phi) is 1.85.